The Morgan fingerprint density at radius 3 is 2.76 bits per heavy atom. The minimum atomic E-state index is -1.93. The van der Waals surface area contributed by atoms with Crippen LogP contribution in [0.1, 0.15) is 49.8 Å². The van der Waals surface area contributed by atoms with E-state index in [1.807, 2.05) is 6.07 Å². The van der Waals surface area contributed by atoms with Crippen molar-refractivity contribution in [2.45, 2.75) is 50.2 Å². The smallest absolute Gasteiger partial charge is 0.229 e. The van der Waals surface area contributed by atoms with Crippen LogP contribution in [-0.4, -0.2) is 44.5 Å². The number of hydrogen-bond acceptors (Lipinski definition) is 6. The van der Waals surface area contributed by atoms with Gasteiger partial charge in [0.05, 0.1) is 48.4 Å². The largest absolute Gasteiger partial charge is 0.380 e. The van der Waals surface area contributed by atoms with Crippen LogP contribution in [0.5, 0.6) is 0 Å². The maximum atomic E-state index is 15.8. The Hall–Kier alpha value is -3.43. The highest BCUT2D eigenvalue weighted by atomic mass is 19.1. The highest BCUT2D eigenvalue weighted by Crippen LogP contribution is 2.45. The fourth-order valence-corrected chi connectivity index (χ4v) is 5.72. The zero-order valence-corrected chi connectivity index (χ0v) is 20.9. The molecule has 0 radical (unpaired) electrons. The lowest BCUT2D eigenvalue weighted by atomic mass is 9.78. The fraction of sp³-hybridized carbons (Fsp3) is 0.393. The van der Waals surface area contributed by atoms with E-state index >= 15 is 8.78 Å². The summed E-state index contributed by atoms with van der Waals surface area (Å²) < 4.78 is 38.0. The minimum absolute atomic E-state index is 0.0103. The number of nitrogens with one attached hydrogen (secondary N) is 1. The molecule has 1 aliphatic heterocycles. The molecule has 3 aromatic heterocycles. The summed E-state index contributed by atoms with van der Waals surface area (Å²) in [6, 6.07) is 5.45. The van der Waals surface area contributed by atoms with E-state index in [0.717, 1.165) is 24.1 Å². The lowest BCUT2D eigenvalue weighted by molar-refractivity contribution is -0.0129. The highest BCUT2D eigenvalue weighted by Gasteiger charge is 2.43. The molecule has 6 rings (SSSR count). The number of rotatable bonds is 5. The number of allylic oxidation sites excluding steroid dienone is 4. The summed E-state index contributed by atoms with van der Waals surface area (Å²) in [4.78, 5) is 8.80. The first-order valence-corrected chi connectivity index (χ1v) is 12.6. The summed E-state index contributed by atoms with van der Waals surface area (Å²) in [5.41, 5.74) is 9.14. The number of nitrogens with zero attached hydrogens (tertiary/aromatic N) is 4. The quantitative estimate of drug-likeness (QED) is 0.460. The SMILES string of the molecule is CC1=C[C@H](N)C[C@H](c2ccncc2Nc2ncc3ccc(C4C(F)=CC(C5COC5)=CC4(C)F)nn23)C1. The van der Waals surface area contributed by atoms with Gasteiger partial charge in [0.15, 0.2) is 0 Å². The molecule has 4 atom stereocenters. The Kier molecular flexibility index (Phi) is 5.92. The zero-order valence-electron chi connectivity index (χ0n) is 20.9. The molecule has 0 aromatic carbocycles. The summed E-state index contributed by atoms with van der Waals surface area (Å²) >= 11 is 0. The van der Waals surface area contributed by atoms with Gasteiger partial charge in [-0.15, -0.1) is 0 Å². The Bertz CT molecular complexity index is 1440. The molecule has 37 heavy (non-hydrogen) atoms. The van der Waals surface area contributed by atoms with Gasteiger partial charge in [-0.2, -0.15) is 9.61 Å². The molecule has 2 aliphatic carbocycles. The summed E-state index contributed by atoms with van der Waals surface area (Å²) in [5.74, 6) is -0.960. The monoisotopic (exact) mass is 504 g/mol. The number of aromatic nitrogens is 4. The first-order valence-electron chi connectivity index (χ1n) is 12.6. The molecule has 0 bridgehead atoms. The van der Waals surface area contributed by atoms with Crippen LogP contribution in [0, 0.1) is 5.92 Å². The summed E-state index contributed by atoms with van der Waals surface area (Å²) in [6.07, 6.45) is 12.0. The molecular weight excluding hydrogens is 474 g/mol. The number of halogens is 2. The van der Waals surface area contributed by atoms with E-state index in [4.69, 9.17) is 10.5 Å². The van der Waals surface area contributed by atoms with Crippen molar-refractivity contribution in [3.05, 3.63) is 83.2 Å². The molecule has 192 valence electrons. The van der Waals surface area contributed by atoms with E-state index in [1.54, 1.807) is 35.2 Å². The van der Waals surface area contributed by atoms with Gasteiger partial charge < -0.3 is 15.8 Å². The Balaban J connectivity index is 1.32. The lowest BCUT2D eigenvalue weighted by Gasteiger charge is -2.35. The predicted octanol–water partition coefficient (Wildman–Crippen LogP) is 5.27. The van der Waals surface area contributed by atoms with Crippen molar-refractivity contribution < 1.29 is 13.5 Å². The van der Waals surface area contributed by atoms with Crippen LogP contribution >= 0.6 is 0 Å². The third-order valence-corrected chi connectivity index (χ3v) is 7.57. The van der Waals surface area contributed by atoms with Crippen LogP contribution in [0.15, 0.2) is 72.0 Å². The number of ether oxygens (including phenoxy) is 1. The van der Waals surface area contributed by atoms with E-state index in [9.17, 15) is 0 Å². The van der Waals surface area contributed by atoms with Crippen molar-refractivity contribution >= 4 is 17.2 Å². The number of imidazole rings is 1. The van der Waals surface area contributed by atoms with Crippen molar-refractivity contribution in [1.29, 1.82) is 0 Å². The van der Waals surface area contributed by atoms with Crippen molar-refractivity contribution in [1.82, 2.24) is 19.6 Å². The van der Waals surface area contributed by atoms with Gasteiger partial charge in [-0.25, -0.2) is 13.8 Å². The molecule has 9 heteroatoms. The van der Waals surface area contributed by atoms with Crippen molar-refractivity contribution in [2.75, 3.05) is 18.5 Å². The van der Waals surface area contributed by atoms with E-state index in [-0.39, 0.29) is 23.6 Å². The van der Waals surface area contributed by atoms with Crippen LogP contribution in [0.25, 0.3) is 5.52 Å². The Morgan fingerprint density at radius 2 is 2.03 bits per heavy atom. The molecule has 7 nitrogen and oxygen atoms in total. The summed E-state index contributed by atoms with van der Waals surface area (Å²) in [6.45, 7) is 4.48. The topological polar surface area (TPSA) is 90.4 Å². The predicted molar refractivity (Wildman–Crippen MR) is 138 cm³/mol. The van der Waals surface area contributed by atoms with Gasteiger partial charge in [-0.3, -0.25) is 4.98 Å². The maximum absolute atomic E-state index is 15.8. The van der Waals surface area contributed by atoms with Gasteiger partial charge in [0.2, 0.25) is 5.95 Å². The normalized spacial score (nSPS) is 28.4. The molecule has 4 heterocycles. The van der Waals surface area contributed by atoms with E-state index in [2.05, 4.69) is 33.4 Å². The Labute approximate surface area is 214 Å². The molecule has 3 N–H and O–H groups in total. The number of nitrogens with two attached hydrogens (primary N) is 1. The van der Waals surface area contributed by atoms with Gasteiger partial charge in [0, 0.05) is 18.2 Å². The third-order valence-electron chi connectivity index (χ3n) is 7.57. The third kappa shape index (κ3) is 4.46. The Morgan fingerprint density at radius 1 is 1.19 bits per heavy atom. The molecule has 0 spiro atoms. The van der Waals surface area contributed by atoms with Crippen LogP contribution in [0.2, 0.25) is 0 Å². The lowest BCUT2D eigenvalue weighted by Crippen LogP contribution is -2.35. The first kappa shape index (κ1) is 23.9. The second kappa shape index (κ2) is 9.15. The maximum Gasteiger partial charge on any atom is 0.229 e. The number of hydrogen-bond donors (Lipinski definition) is 2. The molecule has 2 unspecified atom stereocenters. The molecule has 3 aromatic rings. The molecule has 1 saturated heterocycles. The number of anilines is 2. The van der Waals surface area contributed by atoms with Gasteiger partial charge >= 0.3 is 0 Å². The van der Waals surface area contributed by atoms with Gasteiger partial charge in [-0.05, 0) is 74.1 Å². The van der Waals surface area contributed by atoms with Crippen LogP contribution in [0.3, 0.4) is 0 Å². The van der Waals surface area contributed by atoms with Crippen LogP contribution in [0.4, 0.5) is 20.4 Å². The number of pyridine rings is 1. The number of fused-ring (bicyclic) bond motifs is 1. The second-order valence-corrected chi connectivity index (χ2v) is 10.6. The van der Waals surface area contributed by atoms with E-state index in [1.165, 1.54) is 24.6 Å². The van der Waals surface area contributed by atoms with Crippen molar-refractivity contribution in [3.8, 4) is 0 Å². The van der Waals surface area contributed by atoms with Crippen LogP contribution in [-0.2, 0) is 4.74 Å². The molecule has 3 aliphatic rings. The molecule has 1 fully saturated rings. The first-order chi connectivity index (χ1) is 17.8. The van der Waals surface area contributed by atoms with Gasteiger partial charge in [-0.1, -0.05) is 11.6 Å². The van der Waals surface area contributed by atoms with Crippen molar-refractivity contribution in [3.63, 3.8) is 0 Å². The zero-order chi connectivity index (χ0) is 25.7. The second-order valence-electron chi connectivity index (χ2n) is 10.6. The molecule has 0 amide bonds. The van der Waals surface area contributed by atoms with E-state index < -0.39 is 17.4 Å². The minimum Gasteiger partial charge on any atom is -0.380 e. The van der Waals surface area contributed by atoms with Crippen molar-refractivity contribution in [2.24, 2.45) is 11.7 Å². The standard InChI is InChI=1S/C28H30F2N6O/c1-16-7-17(9-20(31)8-16)22-5-6-32-13-25(22)34-27-33-12-21-3-4-24(35-36(21)27)26-23(29)10-18(11-28(26,2)30)19-14-37-15-19/h3-6,8,10-13,17,19-20,26H,7,9,14-15,31H2,1-2H3,(H,33,34)/t17-,20+,26?,28?/m1/s1. The highest BCUT2D eigenvalue weighted by molar-refractivity contribution is 5.62. The molecule has 0 saturated carbocycles. The van der Waals surface area contributed by atoms with Gasteiger partial charge in [0.1, 0.15) is 11.5 Å². The fourth-order valence-electron chi connectivity index (χ4n) is 5.72. The number of alkyl halides is 1. The van der Waals surface area contributed by atoms with Gasteiger partial charge in [0.25, 0.3) is 0 Å². The van der Waals surface area contributed by atoms with E-state index in [0.29, 0.717) is 30.3 Å². The summed E-state index contributed by atoms with van der Waals surface area (Å²) in [5, 5.41) is 8.00. The molecular formula is C28H30F2N6O. The van der Waals surface area contributed by atoms with Crippen LogP contribution < -0.4 is 11.1 Å². The average Bonchev–Trinajstić information content (AvgIpc) is 3.19. The average molecular weight is 505 g/mol. The summed E-state index contributed by atoms with van der Waals surface area (Å²) in [7, 11) is 0.